The first-order valence-electron chi connectivity index (χ1n) is 7.41. The molecule has 0 aliphatic carbocycles. The number of amides is 1. The Morgan fingerprint density at radius 1 is 1.08 bits per heavy atom. The van der Waals surface area contributed by atoms with Gasteiger partial charge in [-0.1, -0.05) is 29.8 Å². The number of anilines is 1. The summed E-state index contributed by atoms with van der Waals surface area (Å²) in [5.74, 6) is -1.30. The van der Waals surface area contributed by atoms with Crippen molar-refractivity contribution >= 4 is 17.2 Å². The predicted octanol–water partition coefficient (Wildman–Crippen LogP) is 2.79. The van der Waals surface area contributed by atoms with Crippen molar-refractivity contribution in [3.8, 4) is 24.0 Å². The van der Waals surface area contributed by atoms with Crippen LogP contribution in [0.2, 0.25) is 0 Å². The third-order valence-corrected chi connectivity index (χ3v) is 3.85. The lowest BCUT2D eigenvalue weighted by atomic mass is 10.0. The van der Waals surface area contributed by atoms with E-state index in [-0.39, 0.29) is 33.9 Å². The van der Waals surface area contributed by atoms with Gasteiger partial charge in [-0.25, -0.2) is 0 Å². The average Bonchev–Trinajstić information content (AvgIpc) is 2.66. The van der Waals surface area contributed by atoms with E-state index in [1.54, 1.807) is 24.3 Å². The van der Waals surface area contributed by atoms with Crippen LogP contribution in [0.1, 0.15) is 22.3 Å². The average molecular weight is 342 g/mol. The molecule has 3 rings (SSSR count). The number of fused-ring (bicyclic) bond motifs is 1. The van der Waals surface area contributed by atoms with E-state index in [1.807, 2.05) is 25.1 Å². The van der Waals surface area contributed by atoms with Crippen molar-refractivity contribution in [1.82, 2.24) is 0 Å². The second-order valence-electron chi connectivity index (χ2n) is 5.49. The minimum absolute atomic E-state index is 0.00230. The van der Waals surface area contributed by atoms with E-state index in [1.165, 1.54) is 12.1 Å². The molecular formula is C19H10N4O3. The molecule has 1 N–H and O–H groups in total. The summed E-state index contributed by atoms with van der Waals surface area (Å²) in [7, 11) is 0. The van der Waals surface area contributed by atoms with E-state index in [9.17, 15) is 15.3 Å². The van der Waals surface area contributed by atoms with Crippen LogP contribution >= 0.6 is 0 Å². The number of aryl methyl sites for hydroxylation is 1. The molecule has 7 heteroatoms. The van der Waals surface area contributed by atoms with Crippen LogP contribution < -0.4 is 9.80 Å². The van der Waals surface area contributed by atoms with Gasteiger partial charge in [-0.2, -0.15) is 20.8 Å². The van der Waals surface area contributed by atoms with Crippen LogP contribution in [-0.2, 0) is 4.79 Å². The van der Waals surface area contributed by atoms with Gasteiger partial charge >= 0.3 is 5.91 Å². The number of hydrogen-bond donors (Lipinski definition) is 1. The summed E-state index contributed by atoms with van der Waals surface area (Å²) in [5, 5.41) is 38.2. The third kappa shape index (κ3) is 2.63. The van der Waals surface area contributed by atoms with E-state index < -0.39 is 5.91 Å². The lowest BCUT2D eigenvalue weighted by Crippen LogP contribution is -2.35. The van der Waals surface area contributed by atoms with Crippen molar-refractivity contribution in [3.63, 3.8) is 0 Å². The van der Waals surface area contributed by atoms with Gasteiger partial charge in [0.25, 0.3) is 0 Å². The molecule has 26 heavy (non-hydrogen) atoms. The Hall–Kier alpha value is -4.12. The Morgan fingerprint density at radius 2 is 1.69 bits per heavy atom. The van der Waals surface area contributed by atoms with Crippen LogP contribution in [-0.4, -0.2) is 11.1 Å². The quantitative estimate of drug-likeness (QED) is 0.483. The maximum atomic E-state index is 12.5. The maximum Gasteiger partial charge on any atom is 0.319 e. The van der Waals surface area contributed by atoms with Crippen molar-refractivity contribution in [3.05, 3.63) is 64.4 Å². The molecule has 2 aromatic rings. The molecule has 2 aromatic carbocycles. The summed E-state index contributed by atoms with van der Waals surface area (Å²) in [5.41, 5.74) is 1.32. The van der Waals surface area contributed by atoms with E-state index in [4.69, 9.17) is 15.3 Å². The smallest absolute Gasteiger partial charge is 0.319 e. The zero-order chi connectivity index (χ0) is 18.8. The summed E-state index contributed by atoms with van der Waals surface area (Å²) in [6.07, 6.45) is 0. The molecule has 0 fully saturated rings. The molecule has 1 aliphatic rings. The zero-order valence-electron chi connectivity index (χ0n) is 13.5. The molecule has 1 amide bonds. The van der Waals surface area contributed by atoms with Crippen LogP contribution in [0.5, 0.6) is 5.75 Å². The molecule has 0 atom stereocenters. The van der Waals surface area contributed by atoms with Gasteiger partial charge in [0, 0.05) is 6.07 Å². The van der Waals surface area contributed by atoms with Gasteiger partial charge in [0.05, 0.1) is 11.1 Å². The van der Waals surface area contributed by atoms with Gasteiger partial charge in [0.2, 0.25) is 5.76 Å². The summed E-state index contributed by atoms with van der Waals surface area (Å²) in [4.78, 5) is 12.5. The highest BCUT2D eigenvalue weighted by molar-refractivity contribution is 6.12. The van der Waals surface area contributed by atoms with Gasteiger partial charge in [0.1, 0.15) is 29.5 Å². The number of allylic oxidation sites excluding steroid dienone is 1. The molecule has 7 nitrogen and oxygen atoms in total. The number of nitriles is 3. The summed E-state index contributed by atoms with van der Waals surface area (Å²) < 4.78 is 5.54. The number of carbonyl (C=O) groups excluding carboxylic acids is 1. The first-order valence-corrected chi connectivity index (χ1v) is 7.41. The van der Waals surface area contributed by atoms with Gasteiger partial charge in [-0.3, -0.25) is 10.0 Å². The lowest BCUT2D eigenvalue weighted by molar-refractivity contribution is -0.122. The number of benzene rings is 2. The van der Waals surface area contributed by atoms with Crippen molar-refractivity contribution in [2.45, 2.75) is 6.92 Å². The Balaban J connectivity index is 2.20. The van der Waals surface area contributed by atoms with Crippen molar-refractivity contribution in [2.75, 3.05) is 5.06 Å². The van der Waals surface area contributed by atoms with Crippen LogP contribution in [0.15, 0.2) is 42.2 Å². The highest BCUT2D eigenvalue weighted by atomic mass is 16.5. The number of ether oxygens (including phenoxy) is 1. The molecular weight excluding hydrogens is 332 g/mol. The topological polar surface area (TPSA) is 121 Å². The maximum absolute atomic E-state index is 12.5. The first kappa shape index (κ1) is 16.7. The van der Waals surface area contributed by atoms with E-state index in [2.05, 4.69) is 0 Å². The molecule has 0 bridgehead atoms. The normalized spacial score (nSPS) is 14.4. The van der Waals surface area contributed by atoms with Crippen LogP contribution in [0.25, 0.3) is 5.57 Å². The largest absolute Gasteiger partial charge is 0.448 e. The van der Waals surface area contributed by atoms with Gasteiger partial charge in [-0.15, -0.1) is 0 Å². The van der Waals surface area contributed by atoms with E-state index in [0.717, 1.165) is 5.56 Å². The summed E-state index contributed by atoms with van der Waals surface area (Å²) >= 11 is 0. The Bertz CT molecular complexity index is 1080. The summed E-state index contributed by atoms with van der Waals surface area (Å²) in [6.45, 7) is 1.88. The molecule has 0 unspecified atom stereocenters. The SMILES string of the molecule is Cc1ccc(/C(C#N)=C2\Oc3cc(C#N)c(C#N)cc3N(O)C2=O)cc1. The zero-order valence-corrected chi connectivity index (χ0v) is 13.5. The molecule has 1 aliphatic heterocycles. The number of rotatable bonds is 1. The molecule has 0 saturated carbocycles. The van der Waals surface area contributed by atoms with Gasteiger partial charge in [0.15, 0.2) is 5.75 Å². The van der Waals surface area contributed by atoms with Crippen LogP contribution in [0, 0.1) is 40.9 Å². The Labute approximate surface area is 148 Å². The predicted molar refractivity (Wildman–Crippen MR) is 89.5 cm³/mol. The number of nitrogens with zero attached hydrogens (tertiary/aromatic N) is 4. The minimum atomic E-state index is -0.941. The number of carbonyl (C=O) groups is 1. The highest BCUT2D eigenvalue weighted by Gasteiger charge is 2.33. The van der Waals surface area contributed by atoms with Crippen LogP contribution in [0.3, 0.4) is 0 Å². The second kappa shape index (κ2) is 6.41. The fourth-order valence-electron chi connectivity index (χ4n) is 2.48. The Morgan fingerprint density at radius 3 is 2.27 bits per heavy atom. The van der Waals surface area contributed by atoms with Gasteiger partial charge in [-0.05, 0) is 18.6 Å². The standard InChI is InChI=1S/C19H10N4O3/c1-11-2-4-12(5-3-11)15(10-22)18-19(24)23(25)16-6-13(8-20)14(9-21)7-17(16)26-18/h2-7,25H,1H3/b18-15-. The monoisotopic (exact) mass is 342 g/mol. The molecule has 0 saturated heterocycles. The van der Waals surface area contributed by atoms with Crippen molar-refractivity contribution < 1.29 is 14.7 Å². The Kier molecular flexibility index (Phi) is 4.12. The fraction of sp³-hybridized carbons (Fsp3) is 0.0526. The second-order valence-corrected chi connectivity index (χ2v) is 5.49. The van der Waals surface area contributed by atoms with Crippen molar-refractivity contribution in [2.24, 2.45) is 0 Å². The molecule has 0 aromatic heterocycles. The first-order chi connectivity index (χ1) is 12.5. The molecule has 0 radical (unpaired) electrons. The van der Waals surface area contributed by atoms with Crippen LogP contribution in [0.4, 0.5) is 5.69 Å². The summed E-state index contributed by atoms with van der Waals surface area (Å²) in [6, 6.07) is 14.9. The number of hydrogen-bond acceptors (Lipinski definition) is 6. The molecule has 1 heterocycles. The third-order valence-electron chi connectivity index (χ3n) is 3.85. The highest BCUT2D eigenvalue weighted by Crippen LogP contribution is 2.38. The molecule has 124 valence electrons. The molecule has 0 spiro atoms. The lowest BCUT2D eigenvalue weighted by Gasteiger charge is -2.26. The van der Waals surface area contributed by atoms with Gasteiger partial charge < -0.3 is 4.74 Å². The fourth-order valence-corrected chi connectivity index (χ4v) is 2.48. The number of hydroxylamine groups is 1. The van der Waals surface area contributed by atoms with Crippen molar-refractivity contribution in [1.29, 1.82) is 15.8 Å². The van der Waals surface area contributed by atoms with E-state index >= 15 is 0 Å². The van der Waals surface area contributed by atoms with E-state index in [0.29, 0.717) is 10.6 Å². The minimum Gasteiger partial charge on any atom is -0.448 e.